The van der Waals surface area contributed by atoms with E-state index in [4.69, 9.17) is 16.3 Å². The van der Waals surface area contributed by atoms with Crippen molar-refractivity contribution in [3.05, 3.63) is 28.8 Å². The van der Waals surface area contributed by atoms with Gasteiger partial charge in [-0.1, -0.05) is 23.3 Å². The Morgan fingerprint density at radius 2 is 2.07 bits per heavy atom. The van der Waals surface area contributed by atoms with Crippen LogP contribution >= 0.6 is 11.6 Å². The highest BCUT2D eigenvalue weighted by molar-refractivity contribution is 7.92. The van der Waals surface area contributed by atoms with E-state index >= 15 is 0 Å². The molecule has 3 N–H and O–H groups in total. The Balaban J connectivity index is 1.76. The molecule has 2 amide bonds. The van der Waals surface area contributed by atoms with Crippen molar-refractivity contribution in [2.24, 2.45) is 5.92 Å². The number of sulfone groups is 1. The van der Waals surface area contributed by atoms with Gasteiger partial charge in [0.15, 0.2) is 15.6 Å². The quantitative estimate of drug-likeness (QED) is 0.475. The van der Waals surface area contributed by atoms with E-state index in [1.165, 1.54) is 12.1 Å². The number of methoxy groups -OCH3 is 1. The van der Waals surface area contributed by atoms with Crippen molar-refractivity contribution >= 4 is 33.2 Å². The zero-order valence-corrected chi connectivity index (χ0v) is 17.4. The lowest BCUT2D eigenvalue weighted by molar-refractivity contribution is 0.113. The number of urea groups is 1. The topological polar surface area (TPSA) is 105 Å². The van der Waals surface area contributed by atoms with Crippen LogP contribution in [0.4, 0.5) is 10.5 Å². The monoisotopic (exact) mass is 428 g/mol. The third-order valence-corrected chi connectivity index (χ3v) is 8.10. The summed E-state index contributed by atoms with van der Waals surface area (Å²) in [6.07, 6.45) is 4.69. The molecule has 1 saturated carbocycles. The van der Waals surface area contributed by atoms with Crippen molar-refractivity contribution in [2.75, 3.05) is 19.0 Å². The smallest absolute Gasteiger partial charge is 0.319 e. The van der Waals surface area contributed by atoms with Gasteiger partial charge in [-0.05, 0) is 50.7 Å². The molecule has 0 aromatic heterocycles. The number of allylic oxidation sites excluding steroid dienone is 1. The predicted octanol–water partition coefficient (Wildman–Crippen LogP) is 3.47. The van der Waals surface area contributed by atoms with Crippen LogP contribution in [-0.2, 0) is 14.6 Å². The number of benzene rings is 1. The number of hydrogen-bond donors (Lipinski definition) is 3. The van der Waals surface area contributed by atoms with Crippen LogP contribution in [0.2, 0.25) is 5.02 Å². The number of amides is 2. The molecule has 1 aromatic carbocycles. The largest absolute Gasteiger partial charge is 0.504 e. The zero-order chi connectivity index (χ0) is 20.5. The number of rotatable bonds is 6. The van der Waals surface area contributed by atoms with Gasteiger partial charge in [0.2, 0.25) is 0 Å². The SMILES string of the molecule is COCC1CC(S(=O)(=O)c2c(Cl)ccc(NC(=O)NC3CCC=C3C)c2O)C1. The Morgan fingerprint density at radius 1 is 1.36 bits per heavy atom. The molecule has 0 saturated heterocycles. The second-order valence-electron chi connectivity index (χ2n) is 7.41. The molecule has 1 atom stereocenters. The lowest BCUT2D eigenvalue weighted by Gasteiger charge is -2.34. The normalized spacial score (nSPS) is 24.4. The standard InChI is InChI=1S/C19H25ClN2O5S/c1-11-4-3-5-15(11)21-19(24)22-16-7-6-14(20)18(17(16)23)28(25,26)13-8-12(9-13)10-27-2/h4,6-7,12-13,15,23H,3,5,8-10H2,1-2H3,(H2,21,22,24). The summed E-state index contributed by atoms with van der Waals surface area (Å²) in [5, 5.41) is 15.2. The van der Waals surface area contributed by atoms with Gasteiger partial charge in [0.05, 0.1) is 22.0 Å². The van der Waals surface area contributed by atoms with E-state index in [0.717, 1.165) is 18.4 Å². The minimum absolute atomic E-state index is 0.00729. The Morgan fingerprint density at radius 3 is 2.68 bits per heavy atom. The molecule has 1 fully saturated rings. The fraction of sp³-hybridized carbons (Fsp3) is 0.526. The molecule has 7 nitrogen and oxygen atoms in total. The van der Waals surface area contributed by atoms with Gasteiger partial charge in [0, 0.05) is 13.7 Å². The summed E-state index contributed by atoms with van der Waals surface area (Å²) in [5.41, 5.74) is 1.09. The van der Waals surface area contributed by atoms with Crippen LogP contribution < -0.4 is 10.6 Å². The molecular weight excluding hydrogens is 404 g/mol. The van der Waals surface area contributed by atoms with E-state index in [0.29, 0.717) is 19.4 Å². The summed E-state index contributed by atoms with van der Waals surface area (Å²) in [6, 6.07) is 2.19. The number of phenols is 1. The summed E-state index contributed by atoms with van der Waals surface area (Å²) in [7, 11) is -2.25. The molecule has 1 unspecified atom stereocenters. The van der Waals surface area contributed by atoms with Crippen molar-refractivity contribution in [3.8, 4) is 5.75 Å². The first-order valence-corrected chi connectivity index (χ1v) is 11.1. The number of ether oxygens (including phenoxy) is 1. The van der Waals surface area contributed by atoms with Crippen LogP contribution in [0.25, 0.3) is 0 Å². The van der Waals surface area contributed by atoms with Gasteiger partial charge in [0.25, 0.3) is 0 Å². The molecule has 1 aromatic rings. The lowest BCUT2D eigenvalue weighted by atomic mass is 9.85. The summed E-state index contributed by atoms with van der Waals surface area (Å²) in [6.45, 7) is 2.44. The van der Waals surface area contributed by atoms with Crippen LogP contribution in [0.15, 0.2) is 28.7 Å². The van der Waals surface area contributed by atoms with Crippen molar-refractivity contribution in [1.29, 1.82) is 0 Å². The molecule has 9 heteroatoms. The number of anilines is 1. The Kier molecular flexibility index (Phi) is 6.21. The average Bonchev–Trinajstić information content (AvgIpc) is 2.97. The minimum atomic E-state index is -3.82. The Hall–Kier alpha value is -1.77. The highest BCUT2D eigenvalue weighted by Gasteiger charge is 2.42. The molecule has 154 valence electrons. The molecule has 2 aliphatic carbocycles. The van der Waals surface area contributed by atoms with E-state index in [9.17, 15) is 18.3 Å². The van der Waals surface area contributed by atoms with Gasteiger partial charge in [0.1, 0.15) is 4.90 Å². The molecule has 3 rings (SSSR count). The molecule has 0 heterocycles. The Labute approximate surface area is 170 Å². The number of halogens is 1. The second kappa shape index (κ2) is 8.31. The van der Waals surface area contributed by atoms with Crippen molar-refractivity contribution in [2.45, 2.75) is 48.8 Å². The Bertz CT molecular complexity index is 894. The summed E-state index contributed by atoms with van der Waals surface area (Å²) in [5.74, 6) is -0.350. The van der Waals surface area contributed by atoms with Crippen molar-refractivity contribution in [1.82, 2.24) is 5.32 Å². The van der Waals surface area contributed by atoms with Gasteiger partial charge >= 0.3 is 6.03 Å². The van der Waals surface area contributed by atoms with Crippen LogP contribution in [0, 0.1) is 5.92 Å². The van der Waals surface area contributed by atoms with Crippen LogP contribution in [-0.4, -0.2) is 44.6 Å². The van der Waals surface area contributed by atoms with Crippen molar-refractivity contribution in [3.63, 3.8) is 0 Å². The van der Waals surface area contributed by atoms with Gasteiger partial charge in [-0.3, -0.25) is 0 Å². The van der Waals surface area contributed by atoms with E-state index < -0.39 is 26.9 Å². The molecule has 2 aliphatic rings. The van der Waals surface area contributed by atoms with Crippen LogP contribution in [0.1, 0.15) is 32.6 Å². The van der Waals surface area contributed by atoms with E-state index in [1.54, 1.807) is 7.11 Å². The summed E-state index contributed by atoms with van der Waals surface area (Å²) in [4.78, 5) is 11.9. The fourth-order valence-electron chi connectivity index (χ4n) is 3.73. The number of aromatic hydroxyl groups is 1. The van der Waals surface area contributed by atoms with E-state index in [1.807, 2.05) is 6.92 Å². The maximum Gasteiger partial charge on any atom is 0.319 e. The van der Waals surface area contributed by atoms with Gasteiger partial charge in [-0.25, -0.2) is 13.2 Å². The first-order valence-electron chi connectivity index (χ1n) is 9.22. The minimum Gasteiger partial charge on any atom is -0.504 e. The highest BCUT2D eigenvalue weighted by atomic mass is 35.5. The maximum atomic E-state index is 12.9. The number of carbonyl (C=O) groups is 1. The van der Waals surface area contributed by atoms with Crippen molar-refractivity contribution < 1.29 is 23.1 Å². The average molecular weight is 429 g/mol. The second-order valence-corrected chi connectivity index (χ2v) is 9.98. The number of nitrogens with one attached hydrogen (secondary N) is 2. The maximum absolute atomic E-state index is 12.9. The highest BCUT2D eigenvalue weighted by Crippen LogP contribution is 2.44. The number of hydrogen-bond acceptors (Lipinski definition) is 5. The lowest BCUT2D eigenvalue weighted by Crippen LogP contribution is -2.38. The fourth-order valence-corrected chi connectivity index (χ4v) is 6.31. The summed E-state index contributed by atoms with van der Waals surface area (Å²) >= 11 is 6.10. The third kappa shape index (κ3) is 4.14. The number of carbonyl (C=O) groups excluding carboxylic acids is 1. The molecule has 0 radical (unpaired) electrons. The molecule has 0 aliphatic heterocycles. The van der Waals surface area contributed by atoms with Crippen LogP contribution in [0.5, 0.6) is 5.75 Å². The number of phenolic OH excluding ortho intramolecular Hbond substituents is 1. The first-order chi connectivity index (χ1) is 13.2. The van der Waals surface area contributed by atoms with Crippen LogP contribution in [0.3, 0.4) is 0 Å². The van der Waals surface area contributed by atoms with Gasteiger partial charge < -0.3 is 20.5 Å². The molecule has 0 bridgehead atoms. The van der Waals surface area contributed by atoms with E-state index in [-0.39, 0.29) is 27.6 Å². The van der Waals surface area contributed by atoms with E-state index in [2.05, 4.69) is 16.7 Å². The summed E-state index contributed by atoms with van der Waals surface area (Å²) < 4.78 is 30.9. The predicted molar refractivity (Wildman–Crippen MR) is 108 cm³/mol. The molecule has 0 spiro atoms. The van der Waals surface area contributed by atoms with Gasteiger partial charge in [-0.15, -0.1) is 0 Å². The molecule has 28 heavy (non-hydrogen) atoms. The van der Waals surface area contributed by atoms with Gasteiger partial charge in [-0.2, -0.15) is 0 Å². The molecular formula is C19H25ClN2O5S. The zero-order valence-electron chi connectivity index (χ0n) is 15.9. The third-order valence-electron chi connectivity index (χ3n) is 5.43. The first kappa shape index (κ1) is 21.0.